The Morgan fingerprint density at radius 2 is 1.62 bits per heavy atom. The maximum absolute atomic E-state index is 12.6. The Kier molecular flexibility index (Phi) is 13.4. The molecule has 0 bridgehead atoms. The first-order valence-electron chi connectivity index (χ1n) is 12.4. The van der Waals surface area contributed by atoms with E-state index in [1.807, 2.05) is 45.2 Å². The number of phenolic OH excluding ortho intramolecular Hbond substituents is 1. The standard InChI is InChI=1S/C25H38N3O8P3S/c1-7-25(2,37(40)27(3)26-18-22-8-12-23(29)13-9-22)36-24-14-10-21(11-15-24)16-17-28(19-38(30,31)33-4)20-39(32,34-5)35-6/h8-15,18H,7,16-17,19-20H2,1-6H3,(H-,26,29,30,31)/p+1. The van der Waals surface area contributed by atoms with Gasteiger partial charge in [0.15, 0.2) is 11.8 Å². The minimum atomic E-state index is -3.89. The molecule has 222 valence electrons. The zero-order chi connectivity index (χ0) is 30.0. The monoisotopic (exact) mass is 634 g/mol. The third-order valence-corrected chi connectivity index (χ3v) is 13.1. The quantitative estimate of drug-likeness (QED) is 0.124. The van der Waals surface area contributed by atoms with E-state index in [9.17, 15) is 19.1 Å². The number of ether oxygens (including phenoxy) is 1. The van der Waals surface area contributed by atoms with Gasteiger partial charge >= 0.3 is 22.0 Å². The summed E-state index contributed by atoms with van der Waals surface area (Å²) in [7, 11) is -1.82. The fourth-order valence-corrected chi connectivity index (χ4v) is 7.48. The molecule has 0 radical (unpaired) electrons. The molecule has 15 heteroatoms. The maximum atomic E-state index is 12.6. The number of rotatable bonds is 17. The molecule has 0 saturated heterocycles. The summed E-state index contributed by atoms with van der Waals surface area (Å²) >= 11 is 5.85. The average Bonchev–Trinajstić information content (AvgIpc) is 2.95. The van der Waals surface area contributed by atoms with Gasteiger partial charge in [-0.3, -0.25) is 14.0 Å². The zero-order valence-corrected chi connectivity index (χ0v) is 27.2. The molecule has 2 aromatic rings. The molecule has 3 unspecified atom stereocenters. The summed E-state index contributed by atoms with van der Waals surface area (Å²) in [5.74, 6) is 0.845. The van der Waals surface area contributed by atoms with Crippen LogP contribution in [0.25, 0.3) is 0 Å². The van der Waals surface area contributed by atoms with Crippen molar-refractivity contribution < 1.29 is 37.4 Å². The predicted octanol–water partition coefficient (Wildman–Crippen LogP) is 5.80. The van der Waals surface area contributed by atoms with Crippen LogP contribution in [0.3, 0.4) is 0 Å². The van der Waals surface area contributed by atoms with Crippen LogP contribution >= 0.6 is 22.0 Å². The van der Waals surface area contributed by atoms with Crippen molar-refractivity contribution in [2.45, 2.75) is 32.0 Å². The molecule has 40 heavy (non-hydrogen) atoms. The van der Waals surface area contributed by atoms with Gasteiger partial charge in [0.05, 0.1) is 13.3 Å². The fraction of sp³-hybridized carbons (Fsp3) is 0.480. The summed E-state index contributed by atoms with van der Waals surface area (Å²) in [6.45, 7) is 3.06. The van der Waals surface area contributed by atoms with Crippen LogP contribution in [0.5, 0.6) is 11.5 Å². The molecule has 3 atom stereocenters. The summed E-state index contributed by atoms with van der Waals surface area (Å²) in [5.41, 5.74) is 1.79. The second-order valence-corrected chi connectivity index (χ2v) is 16.4. The molecule has 0 aliphatic carbocycles. The zero-order valence-electron chi connectivity index (χ0n) is 23.7. The second-order valence-electron chi connectivity index (χ2n) is 9.10. The molecular formula is C25H39N3O8P3S+. The van der Waals surface area contributed by atoms with Crippen molar-refractivity contribution in [3.05, 3.63) is 59.7 Å². The molecule has 0 saturated carbocycles. The number of hydrogen-bond acceptors (Lipinski definition) is 10. The van der Waals surface area contributed by atoms with Crippen LogP contribution in [0.1, 0.15) is 31.4 Å². The minimum absolute atomic E-state index is 0.158. The van der Waals surface area contributed by atoms with Crippen molar-refractivity contribution in [1.82, 2.24) is 9.68 Å². The molecular weight excluding hydrogens is 595 g/mol. The number of nitrogens with zero attached hydrogens (tertiary/aromatic N) is 3. The van der Waals surface area contributed by atoms with E-state index in [-0.39, 0.29) is 18.3 Å². The second kappa shape index (κ2) is 15.5. The van der Waals surface area contributed by atoms with Crippen LogP contribution in [-0.2, 0) is 40.9 Å². The molecule has 0 aliphatic rings. The molecule has 2 N–H and O–H groups in total. The lowest BCUT2D eigenvalue weighted by Crippen LogP contribution is -2.30. The van der Waals surface area contributed by atoms with Crippen molar-refractivity contribution >= 4 is 40.1 Å². The highest BCUT2D eigenvalue weighted by Gasteiger charge is 2.45. The normalized spacial score (nSPS) is 15.6. The van der Waals surface area contributed by atoms with Crippen LogP contribution in [0, 0.1) is 0 Å². The highest BCUT2D eigenvalue weighted by atomic mass is 32.4. The highest BCUT2D eigenvalue weighted by Crippen LogP contribution is 2.49. The van der Waals surface area contributed by atoms with E-state index >= 15 is 0 Å². The summed E-state index contributed by atoms with van der Waals surface area (Å²) < 4.78 is 47.6. The first kappa shape index (κ1) is 34.5. The lowest BCUT2D eigenvalue weighted by Gasteiger charge is -2.26. The topological polar surface area (TPSA) is 130 Å². The van der Waals surface area contributed by atoms with Crippen molar-refractivity contribution in [2.24, 2.45) is 5.10 Å². The van der Waals surface area contributed by atoms with Gasteiger partial charge in [-0.1, -0.05) is 19.1 Å². The van der Waals surface area contributed by atoms with Crippen molar-refractivity contribution in [2.75, 3.05) is 47.5 Å². The van der Waals surface area contributed by atoms with Gasteiger partial charge in [0.2, 0.25) is 0 Å². The van der Waals surface area contributed by atoms with Gasteiger partial charge in [-0.25, -0.2) is 0 Å². The molecule has 2 aromatic carbocycles. The largest absolute Gasteiger partial charge is 0.508 e. The Labute approximate surface area is 242 Å². The first-order chi connectivity index (χ1) is 18.8. The van der Waals surface area contributed by atoms with Gasteiger partial charge in [-0.05, 0) is 53.9 Å². The highest BCUT2D eigenvalue weighted by molar-refractivity contribution is 8.04. The van der Waals surface area contributed by atoms with Crippen LogP contribution in [-0.4, -0.2) is 78.7 Å². The Balaban J connectivity index is 2.07. The van der Waals surface area contributed by atoms with Crippen LogP contribution in [0.2, 0.25) is 0 Å². The van der Waals surface area contributed by atoms with E-state index in [1.165, 1.54) is 19.1 Å². The van der Waals surface area contributed by atoms with E-state index in [1.54, 1.807) is 35.3 Å². The third kappa shape index (κ3) is 10.6. The van der Waals surface area contributed by atoms with Crippen molar-refractivity contribution in [3.63, 3.8) is 0 Å². The van der Waals surface area contributed by atoms with E-state index in [0.717, 1.165) is 18.2 Å². The first-order valence-corrected chi connectivity index (χ1v) is 18.2. The average molecular weight is 635 g/mol. The summed E-state index contributed by atoms with van der Waals surface area (Å²) in [5, 5.41) is 13.3. The van der Waals surface area contributed by atoms with E-state index in [4.69, 9.17) is 30.1 Å². The molecule has 2 rings (SSSR count). The Morgan fingerprint density at radius 1 is 1.02 bits per heavy atom. The predicted molar refractivity (Wildman–Crippen MR) is 162 cm³/mol. The Hall–Kier alpha value is -1.71. The van der Waals surface area contributed by atoms with Gasteiger partial charge in [0, 0.05) is 41.2 Å². The van der Waals surface area contributed by atoms with Gasteiger partial charge in [-0.2, -0.15) is 0 Å². The van der Waals surface area contributed by atoms with E-state index < -0.39 is 27.4 Å². The molecule has 0 aliphatic heterocycles. The lowest BCUT2D eigenvalue weighted by atomic mass is 10.1. The van der Waals surface area contributed by atoms with Crippen LogP contribution < -0.4 is 4.74 Å². The van der Waals surface area contributed by atoms with Gasteiger partial charge < -0.3 is 28.3 Å². The van der Waals surface area contributed by atoms with Crippen LogP contribution in [0.4, 0.5) is 0 Å². The third-order valence-electron chi connectivity index (χ3n) is 6.16. The molecule has 0 fully saturated rings. The van der Waals surface area contributed by atoms with Gasteiger partial charge in [0.25, 0.3) is 5.34 Å². The SMILES string of the molecule is CCC(C)(Oc1ccc(CCN(CP(=O)(O)OC)CP(=O)(OC)OC)cc1)[P+](=S)N(C)N=Cc1ccc(O)cc1. The number of phenols is 1. The molecule has 0 spiro atoms. The lowest BCUT2D eigenvalue weighted by molar-refractivity contribution is 0.171. The molecule has 0 heterocycles. The number of benzene rings is 2. The van der Waals surface area contributed by atoms with Crippen molar-refractivity contribution in [1.29, 1.82) is 0 Å². The number of aromatic hydroxyl groups is 1. The Bertz CT molecular complexity index is 1220. The summed E-state index contributed by atoms with van der Waals surface area (Å²) in [6.07, 6.45) is 2.38. The number of hydrogen-bond donors (Lipinski definition) is 2. The minimum Gasteiger partial charge on any atom is -0.508 e. The maximum Gasteiger partial charge on any atom is 0.358 e. The summed E-state index contributed by atoms with van der Waals surface area (Å²) in [6, 6.07) is 14.2. The van der Waals surface area contributed by atoms with E-state index in [0.29, 0.717) is 25.1 Å². The van der Waals surface area contributed by atoms with Gasteiger partial charge in [0.1, 0.15) is 24.1 Å². The van der Waals surface area contributed by atoms with Gasteiger partial charge in [-0.15, -0.1) is 9.88 Å². The number of hydrazone groups is 1. The smallest absolute Gasteiger partial charge is 0.358 e. The van der Waals surface area contributed by atoms with Crippen molar-refractivity contribution in [3.8, 4) is 11.5 Å². The molecule has 0 aromatic heterocycles. The van der Waals surface area contributed by atoms with Crippen LogP contribution in [0.15, 0.2) is 53.6 Å². The molecule has 11 nitrogen and oxygen atoms in total. The van der Waals surface area contributed by atoms with E-state index in [2.05, 4.69) is 5.10 Å². The Morgan fingerprint density at radius 3 is 2.15 bits per heavy atom. The fourth-order valence-electron chi connectivity index (χ4n) is 3.51. The summed E-state index contributed by atoms with van der Waals surface area (Å²) in [4.78, 5) is 11.5. The molecule has 0 amide bonds.